The largest absolute Gasteiger partial charge is 0.497 e. The summed E-state index contributed by atoms with van der Waals surface area (Å²) in [6.07, 6.45) is 5.27. The third-order valence-electron chi connectivity index (χ3n) is 4.67. The Morgan fingerprint density at radius 3 is 2.33 bits per heavy atom. The van der Waals surface area contributed by atoms with Gasteiger partial charge >= 0.3 is 0 Å². The van der Waals surface area contributed by atoms with E-state index < -0.39 is 0 Å². The molecule has 148 valence electrons. The van der Waals surface area contributed by atoms with Crippen molar-refractivity contribution in [1.82, 2.24) is 9.78 Å². The van der Waals surface area contributed by atoms with Gasteiger partial charge in [-0.25, -0.2) is 4.68 Å². The molecule has 3 aromatic carbocycles. The van der Waals surface area contributed by atoms with Crippen LogP contribution in [0.1, 0.15) is 15.9 Å². The van der Waals surface area contributed by atoms with E-state index in [2.05, 4.69) is 0 Å². The van der Waals surface area contributed by atoms with Crippen LogP contribution in [-0.4, -0.2) is 22.7 Å². The zero-order chi connectivity index (χ0) is 20.9. The van der Waals surface area contributed by atoms with E-state index >= 15 is 0 Å². The summed E-state index contributed by atoms with van der Waals surface area (Å²) >= 11 is 6.04. The molecule has 4 nitrogen and oxygen atoms in total. The molecule has 0 saturated carbocycles. The average molecular weight is 415 g/mol. The molecule has 0 aliphatic heterocycles. The van der Waals surface area contributed by atoms with Crippen LogP contribution in [0.5, 0.6) is 5.75 Å². The van der Waals surface area contributed by atoms with Crippen LogP contribution >= 0.6 is 11.6 Å². The molecular weight excluding hydrogens is 396 g/mol. The number of hydrogen-bond donors (Lipinski definition) is 0. The van der Waals surface area contributed by atoms with Crippen molar-refractivity contribution >= 4 is 23.5 Å². The summed E-state index contributed by atoms with van der Waals surface area (Å²) in [4.78, 5) is 12.6. The summed E-state index contributed by atoms with van der Waals surface area (Å²) < 4.78 is 6.95. The van der Waals surface area contributed by atoms with Crippen molar-refractivity contribution in [3.05, 3.63) is 107 Å². The molecule has 0 spiro atoms. The molecule has 0 bridgehead atoms. The van der Waals surface area contributed by atoms with Gasteiger partial charge in [0, 0.05) is 27.9 Å². The van der Waals surface area contributed by atoms with Gasteiger partial charge in [-0.3, -0.25) is 4.79 Å². The van der Waals surface area contributed by atoms with Crippen LogP contribution in [0.3, 0.4) is 0 Å². The summed E-state index contributed by atoms with van der Waals surface area (Å²) in [6, 6.07) is 24.4. The molecule has 30 heavy (non-hydrogen) atoms. The zero-order valence-electron chi connectivity index (χ0n) is 16.3. The Kier molecular flexibility index (Phi) is 5.77. The topological polar surface area (TPSA) is 44.1 Å². The summed E-state index contributed by atoms with van der Waals surface area (Å²) in [5, 5.41) is 5.41. The fourth-order valence-electron chi connectivity index (χ4n) is 3.07. The third-order valence-corrected chi connectivity index (χ3v) is 4.92. The van der Waals surface area contributed by atoms with Crippen molar-refractivity contribution < 1.29 is 9.53 Å². The van der Waals surface area contributed by atoms with E-state index in [0.29, 0.717) is 16.3 Å². The summed E-state index contributed by atoms with van der Waals surface area (Å²) in [7, 11) is 1.60. The number of rotatable bonds is 6. The number of nitrogens with zero attached hydrogens (tertiary/aromatic N) is 2. The fraction of sp³-hybridized carbons (Fsp3) is 0.0400. The molecule has 4 aromatic rings. The minimum Gasteiger partial charge on any atom is -0.497 e. The van der Waals surface area contributed by atoms with Gasteiger partial charge in [0.25, 0.3) is 0 Å². The highest BCUT2D eigenvalue weighted by molar-refractivity contribution is 6.30. The molecule has 1 heterocycles. The number of aromatic nitrogens is 2. The number of carbonyl (C=O) groups is 1. The predicted molar refractivity (Wildman–Crippen MR) is 120 cm³/mol. The van der Waals surface area contributed by atoms with E-state index in [1.807, 2.05) is 65.5 Å². The summed E-state index contributed by atoms with van der Waals surface area (Å²) in [5.74, 6) is 0.622. The number of ether oxygens (including phenoxy) is 1. The molecule has 0 fully saturated rings. The normalized spacial score (nSPS) is 11.0. The molecule has 0 radical (unpaired) electrons. The van der Waals surface area contributed by atoms with E-state index in [0.717, 1.165) is 22.5 Å². The molecule has 0 N–H and O–H groups in total. The van der Waals surface area contributed by atoms with Gasteiger partial charge in [0.1, 0.15) is 5.75 Å². The number of ketones is 1. The van der Waals surface area contributed by atoms with Gasteiger partial charge in [-0.1, -0.05) is 41.9 Å². The van der Waals surface area contributed by atoms with Crippen molar-refractivity contribution in [3.63, 3.8) is 0 Å². The van der Waals surface area contributed by atoms with Gasteiger partial charge in [0.05, 0.1) is 18.5 Å². The van der Waals surface area contributed by atoms with Gasteiger partial charge in [-0.15, -0.1) is 0 Å². The zero-order valence-corrected chi connectivity index (χ0v) is 17.1. The van der Waals surface area contributed by atoms with Crippen molar-refractivity contribution in [2.45, 2.75) is 0 Å². The Morgan fingerprint density at radius 2 is 1.67 bits per heavy atom. The molecule has 0 unspecified atom stereocenters. The lowest BCUT2D eigenvalue weighted by Crippen LogP contribution is -1.94. The van der Waals surface area contributed by atoms with Crippen molar-refractivity contribution in [1.29, 1.82) is 0 Å². The number of para-hydroxylation sites is 1. The first-order chi connectivity index (χ1) is 14.6. The van der Waals surface area contributed by atoms with Crippen LogP contribution < -0.4 is 4.74 Å². The third kappa shape index (κ3) is 4.34. The maximum atomic E-state index is 12.6. The first-order valence-corrected chi connectivity index (χ1v) is 9.79. The Morgan fingerprint density at radius 1 is 0.967 bits per heavy atom. The average Bonchev–Trinajstić information content (AvgIpc) is 3.23. The van der Waals surface area contributed by atoms with Crippen LogP contribution in [0.2, 0.25) is 5.02 Å². The van der Waals surface area contributed by atoms with Gasteiger partial charge in [-0.05, 0) is 60.7 Å². The van der Waals surface area contributed by atoms with E-state index in [-0.39, 0.29) is 5.78 Å². The summed E-state index contributed by atoms with van der Waals surface area (Å²) in [5.41, 5.74) is 4.06. The van der Waals surface area contributed by atoms with Gasteiger partial charge < -0.3 is 4.74 Å². The highest BCUT2D eigenvalue weighted by Crippen LogP contribution is 2.26. The van der Waals surface area contributed by atoms with Gasteiger partial charge in [0.2, 0.25) is 0 Å². The smallest absolute Gasteiger partial charge is 0.185 e. The molecule has 0 amide bonds. The number of allylic oxidation sites excluding steroid dienone is 1. The van der Waals surface area contributed by atoms with Crippen LogP contribution in [0.15, 0.2) is 91.1 Å². The minimum atomic E-state index is -0.0906. The quantitative estimate of drug-likeness (QED) is 0.283. The molecular formula is C25H19ClN2O2. The number of hydrogen-bond acceptors (Lipinski definition) is 3. The molecule has 0 saturated heterocycles. The second kappa shape index (κ2) is 8.80. The lowest BCUT2D eigenvalue weighted by Gasteiger charge is -2.01. The number of benzene rings is 3. The second-order valence-electron chi connectivity index (χ2n) is 6.65. The number of methoxy groups -OCH3 is 1. The maximum absolute atomic E-state index is 12.6. The van der Waals surface area contributed by atoms with Crippen molar-refractivity contribution in [2.24, 2.45) is 0 Å². The molecule has 4 rings (SSSR count). The highest BCUT2D eigenvalue weighted by Gasteiger charge is 2.11. The Hall–Kier alpha value is -3.63. The first-order valence-electron chi connectivity index (χ1n) is 9.41. The maximum Gasteiger partial charge on any atom is 0.185 e. The van der Waals surface area contributed by atoms with E-state index in [1.54, 1.807) is 43.5 Å². The van der Waals surface area contributed by atoms with Crippen LogP contribution in [-0.2, 0) is 0 Å². The van der Waals surface area contributed by atoms with Crippen LogP contribution in [0.25, 0.3) is 23.0 Å². The second-order valence-corrected chi connectivity index (χ2v) is 7.08. The van der Waals surface area contributed by atoms with Gasteiger partial charge in [0.15, 0.2) is 5.78 Å². The molecule has 0 atom stereocenters. The van der Waals surface area contributed by atoms with E-state index in [4.69, 9.17) is 21.4 Å². The standard InChI is InChI=1S/C25H19ClN2O2/c1-30-23-14-9-18(10-15-23)24(29)16-11-20-17-28(22-5-3-2-4-6-22)27-25(20)19-7-12-21(26)13-8-19/h2-17H,1H3/b16-11-. The lowest BCUT2D eigenvalue weighted by molar-refractivity contribution is 0.104. The molecule has 1 aromatic heterocycles. The van der Waals surface area contributed by atoms with E-state index in [9.17, 15) is 4.79 Å². The first kappa shape index (κ1) is 19.7. The Balaban J connectivity index is 1.69. The Labute approximate surface area is 180 Å². The lowest BCUT2D eigenvalue weighted by atomic mass is 10.1. The van der Waals surface area contributed by atoms with Crippen LogP contribution in [0.4, 0.5) is 0 Å². The van der Waals surface area contributed by atoms with Crippen molar-refractivity contribution in [2.75, 3.05) is 7.11 Å². The Bertz CT molecular complexity index is 1180. The summed E-state index contributed by atoms with van der Waals surface area (Å²) in [6.45, 7) is 0. The van der Waals surface area contributed by atoms with Crippen LogP contribution in [0, 0.1) is 0 Å². The minimum absolute atomic E-state index is 0.0906. The number of carbonyl (C=O) groups excluding carboxylic acids is 1. The van der Waals surface area contributed by atoms with Gasteiger partial charge in [-0.2, -0.15) is 5.10 Å². The molecule has 0 aliphatic rings. The molecule has 5 heteroatoms. The highest BCUT2D eigenvalue weighted by atomic mass is 35.5. The SMILES string of the molecule is COc1ccc(C(=O)/C=C\c2cn(-c3ccccc3)nc2-c2ccc(Cl)cc2)cc1. The van der Waals surface area contributed by atoms with Crippen molar-refractivity contribution in [3.8, 4) is 22.7 Å². The fourth-order valence-corrected chi connectivity index (χ4v) is 3.20. The van der Waals surface area contributed by atoms with E-state index in [1.165, 1.54) is 0 Å². The molecule has 0 aliphatic carbocycles. The predicted octanol–water partition coefficient (Wildman–Crippen LogP) is 6.10. The monoisotopic (exact) mass is 414 g/mol. The number of halogens is 1.